The fourth-order valence-corrected chi connectivity index (χ4v) is 4.21. The molecular formula is C22H27N3O2. The van der Waals surface area contributed by atoms with Crippen molar-refractivity contribution in [1.29, 1.82) is 0 Å². The van der Waals surface area contributed by atoms with E-state index in [0.29, 0.717) is 0 Å². The number of rotatable bonds is 3. The molecule has 2 aromatic carbocycles. The Labute approximate surface area is 159 Å². The predicted molar refractivity (Wildman–Crippen MR) is 108 cm³/mol. The lowest BCUT2D eigenvalue weighted by atomic mass is 9.84. The maximum atomic E-state index is 12.1. The minimum atomic E-state index is -0.726. The zero-order valence-electron chi connectivity index (χ0n) is 16.3. The number of aryl methyl sites for hydroxylation is 3. The highest BCUT2D eigenvalue weighted by Crippen LogP contribution is 2.33. The van der Waals surface area contributed by atoms with Gasteiger partial charge >= 0.3 is 5.69 Å². The average molecular weight is 365 g/mol. The van der Waals surface area contributed by atoms with Crippen molar-refractivity contribution in [2.24, 2.45) is 14.1 Å². The molecule has 1 aliphatic heterocycles. The van der Waals surface area contributed by atoms with E-state index in [-0.39, 0.29) is 5.69 Å². The Morgan fingerprint density at radius 2 is 1.70 bits per heavy atom. The highest BCUT2D eigenvalue weighted by molar-refractivity contribution is 5.76. The van der Waals surface area contributed by atoms with Gasteiger partial charge in [-0.15, -0.1) is 0 Å². The van der Waals surface area contributed by atoms with E-state index >= 15 is 0 Å². The molecule has 5 heteroatoms. The summed E-state index contributed by atoms with van der Waals surface area (Å²) in [5.41, 5.74) is 4.61. The van der Waals surface area contributed by atoms with E-state index in [9.17, 15) is 9.90 Å². The largest absolute Gasteiger partial charge is 0.385 e. The number of hydrogen-bond donors (Lipinski definition) is 1. The van der Waals surface area contributed by atoms with Crippen LogP contribution in [0.4, 0.5) is 0 Å². The summed E-state index contributed by atoms with van der Waals surface area (Å²) in [6, 6.07) is 14.5. The van der Waals surface area contributed by atoms with Gasteiger partial charge in [-0.25, -0.2) is 4.79 Å². The number of likely N-dealkylation sites (tertiary alicyclic amines) is 1. The highest BCUT2D eigenvalue weighted by Gasteiger charge is 2.33. The van der Waals surface area contributed by atoms with Crippen LogP contribution in [0.2, 0.25) is 0 Å². The molecule has 1 saturated heterocycles. The number of imidazole rings is 1. The van der Waals surface area contributed by atoms with Crippen molar-refractivity contribution in [3.63, 3.8) is 0 Å². The first-order valence-corrected chi connectivity index (χ1v) is 9.54. The van der Waals surface area contributed by atoms with Crippen molar-refractivity contribution in [2.45, 2.75) is 31.9 Å². The van der Waals surface area contributed by atoms with Crippen LogP contribution in [-0.2, 0) is 26.2 Å². The number of nitrogens with zero attached hydrogens (tertiary/aromatic N) is 3. The monoisotopic (exact) mass is 365 g/mol. The first-order chi connectivity index (χ1) is 12.9. The van der Waals surface area contributed by atoms with Crippen molar-refractivity contribution in [1.82, 2.24) is 14.0 Å². The maximum Gasteiger partial charge on any atom is 0.328 e. The summed E-state index contributed by atoms with van der Waals surface area (Å²) in [4.78, 5) is 14.5. The van der Waals surface area contributed by atoms with Crippen molar-refractivity contribution >= 4 is 11.0 Å². The molecule has 0 amide bonds. The molecule has 0 spiro atoms. The molecular weight excluding hydrogens is 338 g/mol. The quantitative estimate of drug-likeness (QED) is 0.776. The second kappa shape index (κ2) is 6.66. The standard InChI is InChI=1S/C22H27N3O2/c1-16-5-4-6-18(13-16)22(27)9-11-25(12-10-22)15-17-7-8-19-20(14-17)24(3)21(26)23(19)2/h4-8,13-14,27H,9-12,15H2,1-3H3. The molecule has 1 N–H and O–H groups in total. The zero-order valence-corrected chi connectivity index (χ0v) is 16.3. The first kappa shape index (κ1) is 18.0. The summed E-state index contributed by atoms with van der Waals surface area (Å²) in [6.07, 6.45) is 1.48. The van der Waals surface area contributed by atoms with E-state index < -0.39 is 5.60 Å². The summed E-state index contributed by atoms with van der Waals surface area (Å²) in [5, 5.41) is 11.1. The lowest BCUT2D eigenvalue weighted by Gasteiger charge is -2.38. The molecule has 3 aromatic rings. The molecule has 5 nitrogen and oxygen atoms in total. The number of fused-ring (bicyclic) bond motifs is 1. The molecule has 1 fully saturated rings. The van der Waals surface area contributed by atoms with E-state index in [1.807, 2.05) is 25.2 Å². The summed E-state index contributed by atoms with van der Waals surface area (Å²) in [7, 11) is 3.62. The summed E-state index contributed by atoms with van der Waals surface area (Å²) in [5.74, 6) is 0. The summed E-state index contributed by atoms with van der Waals surface area (Å²) >= 11 is 0. The zero-order chi connectivity index (χ0) is 19.2. The maximum absolute atomic E-state index is 12.1. The van der Waals surface area contributed by atoms with Crippen molar-refractivity contribution in [3.8, 4) is 0 Å². The van der Waals surface area contributed by atoms with Crippen molar-refractivity contribution in [3.05, 3.63) is 69.6 Å². The van der Waals surface area contributed by atoms with Crippen LogP contribution in [0.1, 0.15) is 29.5 Å². The van der Waals surface area contributed by atoms with Crippen LogP contribution in [0.25, 0.3) is 11.0 Å². The minimum Gasteiger partial charge on any atom is -0.385 e. The van der Waals surface area contributed by atoms with Crippen LogP contribution in [0.15, 0.2) is 47.3 Å². The fourth-order valence-electron chi connectivity index (χ4n) is 4.21. The van der Waals surface area contributed by atoms with Crippen LogP contribution in [0.5, 0.6) is 0 Å². The number of aromatic nitrogens is 2. The third-order valence-electron chi connectivity index (χ3n) is 5.98. The molecule has 142 valence electrons. The molecule has 27 heavy (non-hydrogen) atoms. The molecule has 2 heterocycles. The van der Waals surface area contributed by atoms with Gasteiger partial charge in [0.25, 0.3) is 0 Å². The molecule has 4 rings (SSSR count). The molecule has 0 aliphatic carbocycles. The number of piperidine rings is 1. The third-order valence-corrected chi connectivity index (χ3v) is 5.98. The molecule has 1 aliphatic rings. The predicted octanol–water partition coefficient (Wildman–Crippen LogP) is 2.67. The second-order valence-corrected chi connectivity index (χ2v) is 7.90. The molecule has 0 bridgehead atoms. The first-order valence-electron chi connectivity index (χ1n) is 9.54. The molecule has 0 radical (unpaired) electrons. The topological polar surface area (TPSA) is 50.4 Å². The number of benzene rings is 2. The van der Waals surface area contributed by atoms with Crippen LogP contribution in [0.3, 0.4) is 0 Å². The van der Waals surface area contributed by atoms with Crippen LogP contribution in [-0.4, -0.2) is 32.2 Å². The number of aliphatic hydroxyl groups is 1. The van der Waals surface area contributed by atoms with E-state index in [4.69, 9.17) is 0 Å². The van der Waals surface area contributed by atoms with Crippen LogP contribution in [0, 0.1) is 6.92 Å². The third kappa shape index (κ3) is 3.22. The van der Waals surface area contributed by atoms with E-state index in [1.165, 1.54) is 11.1 Å². The molecule has 0 atom stereocenters. The van der Waals surface area contributed by atoms with Gasteiger partial charge in [0.2, 0.25) is 0 Å². The van der Waals surface area contributed by atoms with Crippen molar-refractivity contribution in [2.75, 3.05) is 13.1 Å². The second-order valence-electron chi connectivity index (χ2n) is 7.90. The Kier molecular flexibility index (Phi) is 4.44. The van der Waals surface area contributed by atoms with Gasteiger partial charge in [0.1, 0.15) is 0 Å². The van der Waals surface area contributed by atoms with Gasteiger partial charge in [0, 0.05) is 33.7 Å². The van der Waals surface area contributed by atoms with Gasteiger partial charge in [-0.05, 0) is 43.0 Å². The van der Waals surface area contributed by atoms with Crippen molar-refractivity contribution < 1.29 is 5.11 Å². The minimum absolute atomic E-state index is 0.00309. The highest BCUT2D eigenvalue weighted by atomic mass is 16.3. The normalized spacial score (nSPS) is 17.5. The van der Waals surface area contributed by atoms with E-state index in [2.05, 4.69) is 36.1 Å². The Hall–Kier alpha value is -2.37. The average Bonchev–Trinajstić information content (AvgIpc) is 2.88. The SMILES string of the molecule is Cc1cccc(C2(O)CCN(Cc3ccc4c(c3)n(C)c(=O)n4C)CC2)c1. The van der Waals surface area contributed by atoms with Gasteiger partial charge in [0.15, 0.2) is 0 Å². The Bertz CT molecular complexity index is 1040. The van der Waals surface area contributed by atoms with Gasteiger partial charge in [-0.2, -0.15) is 0 Å². The Morgan fingerprint density at radius 1 is 1.00 bits per heavy atom. The van der Waals surface area contributed by atoms with Gasteiger partial charge in [0.05, 0.1) is 16.6 Å². The smallest absolute Gasteiger partial charge is 0.328 e. The lowest BCUT2D eigenvalue weighted by Crippen LogP contribution is -2.42. The lowest BCUT2D eigenvalue weighted by molar-refractivity contribution is -0.0277. The van der Waals surface area contributed by atoms with Crippen LogP contribution >= 0.6 is 0 Å². The van der Waals surface area contributed by atoms with E-state index in [0.717, 1.165) is 49.1 Å². The molecule has 0 unspecified atom stereocenters. The van der Waals surface area contributed by atoms with Gasteiger partial charge in [-0.1, -0.05) is 35.9 Å². The molecule has 1 aromatic heterocycles. The fraction of sp³-hybridized carbons (Fsp3) is 0.409. The summed E-state index contributed by atoms with van der Waals surface area (Å²) in [6.45, 7) is 4.62. The molecule has 0 saturated carbocycles. The summed E-state index contributed by atoms with van der Waals surface area (Å²) < 4.78 is 3.38. The van der Waals surface area contributed by atoms with E-state index in [1.54, 1.807) is 16.2 Å². The Balaban J connectivity index is 1.49. The van der Waals surface area contributed by atoms with Crippen LogP contribution < -0.4 is 5.69 Å². The Morgan fingerprint density at radius 3 is 2.41 bits per heavy atom. The van der Waals surface area contributed by atoms with Gasteiger partial charge in [-0.3, -0.25) is 14.0 Å². The number of hydrogen-bond acceptors (Lipinski definition) is 3. The van der Waals surface area contributed by atoms with Gasteiger partial charge < -0.3 is 5.11 Å².